The van der Waals surface area contributed by atoms with Gasteiger partial charge in [-0.1, -0.05) is 70.4 Å². The van der Waals surface area contributed by atoms with Crippen molar-refractivity contribution < 1.29 is 28.5 Å². The van der Waals surface area contributed by atoms with E-state index in [9.17, 15) is 0 Å². The van der Waals surface area contributed by atoms with Crippen LogP contribution in [0.25, 0.3) is 0 Å². The molecule has 0 aromatic rings. The van der Waals surface area contributed by atoms with E-state index in [0.29, 0.717) is 0 Å². The molecule has 0 N–H and O–H groups in total. The van der Waals surface area contributed by atoms with Gasteiger partial charge >= 0.3 is 0 Å². The van der Waals surface area contributed by atoms with Crippen LogP contribution in [0.5, 0.6) is 0 Å². The minimum absolute atomic E-state index is 0. The first-order valence-electron chi connectivity index (χ1n) is 10.0. The third-order valence-electron chi connectivity index (χ3n) is 4.34. The molecule has 0 aromatic carbocycles. The summed E-state index contributed by atoms with van der Waals surface area (Å²) in [5.41, 5.74) is 0. The highest BCUT2D eigenvalue weighted by molar-refractivity contribution is 4.81. The fourth-order valence-corrected chi connectivity index (χ4v) is 2.83. The van der Waals surface area contributed by atoms with Crippen LogP contribution in [0.3, 0.4) is 0 Å². The number of allylic oxidation sites excluding steroid dienone is 2. The SMILES string of the molecule is CCCCCCCCC=CCCCCCCCC[N+](C)(C)C.[I-]. The van der Waals surface area contributed by atoms with Crippen molar-refractivity contribution in [2.45, 2.75) is 96.8 Å². The van der Waals surface area contributed by atoms with Crippen LogP contribution in [0, 0.1) is 0 Å². The fourth-order valence-electron chi connectivity index (χ4n) is 2.83. The zero-order valence-electron chi connectivity index (χ0n) is 16.6. The van der Waals surface area contributed by atoms with Gasteiger partial charge in [-0.25, -0.2) is 0 Å². The van der Waals surface area contributed by atoms with Crippen molar-refractivity contribution in [1.29, 1.82) is 0 Å². The quantitative estimate of drug-likeness (QED) is 0.149. The predicted octanol–water partition coefficient (Wildman–Crippen LogP) is 3.73. The van der Waals surface area contributed by atoms with Crippen LogP contribution in [0.2, 0.25) is 0 Å². The molecular formula is C21H44IN. The second-order valence-electron chi connectivity index (χ2n) is 7.95. The van der Waals surface area contributed by atoms with Crippen LogP contribution in [0.1, 0.15) is 96.8 Å². The average Bonchev–Trinajstić information content (AvgIpc) is 2.45. The molecule has 0 unspecified atom stereocenters. The third-order valence-corrected chi connectivity index (χ3v) is 4.34. The predicted molar refractivity (Wildman–Crippen MR) is 102 cm³/mol. The van der Waals surface area contributed by atoms with Gasteiger partial charge < -0.3 is 28.5 Å². The zero-order chi connectivity index (χ0) is 16.5. The first-order valence-corrected chi connectivity index (χ1v) is 10.0. The van der Waals surface area contributed by atoms with Crippen molar-refractivity contribution in [1.82, 2.24) is 0 Å². The van der Waals surface area contributed by atoms with E-state index in [0.717, 1.165) is 4.48 Å². The zero-order valence-corrected chi connectivity index (χ0v) is 18.7. The Labute approximate surface area is 164 Å². The summed E-state index contributed by atoms with van der Waals surface area (Å²) in [5, 5.41) is 0. The molecule has 0 spiro atoms. The minimum Gasteiger partial charge on any atom is -1.00 e. The Bertz CT molecular complexity index is 243. The molecule has 140 valence electrons. The molecule has 0 atom stereocenters. The van der Waals surface area contributed by atoms with Crippen molar-refractivity contribution in [3.05, 3.63) is 12.2 Å². The lowest BCUT2D eigenvalue weighted by Gasteiger charge is -2.23. The molecule has 0 aliphatic rings. The third kappa shape index (κ3) is 24.8. The Hall–Kier alpha value is 0.430. The Morgan fingerprint density at radius 2 is 0.957 bits per heavy atom. The van der Waals surface area contributed by atoms with Gasteiger partial charge in [0.2, 0.25) is 0 Å². The summed E-state index contributed by atoms with van der Waals surface area (Å²) < 4.78 is 1.11. The number of hydrogen-bond donors (Lipinski definition) is 0. The molecule has 0 aromatic heterocycles. The second kappa shape index (κ2) is 18.8. The molecule has 0 radical (unpaired) electrons. The highest BCUT2D eigenvalue weighted by Crippen LogP contribution is 2.10. The summed E-state index contributed by atoms with van der Waals surface area (Å²) in [4.78, 5) is 0. The summed E-state index contributed by atoms with van der Waals surface area (Å²) >= 11 is 0. The van der Waals surface area contributed by atoms with Crippen LogP contribution in [0.4, 0.5) is 0 Å². The van der Waals surface area contributed by atoms with Gasteiger partial charge in [0.15, 0.2) is 0 Å². The highest BCUT2D eigenvalue weighted by atomic mass is 127. The average molecular weight is 437 g/mol. The van der Waals surface area contributed by atoms with E-state index in [2.05, 4.69) is 40.2 Å². The maximum atomic E-state index is 2.42. The van der Waals surface area contributed by atoms with E-state index in [1.807, 2.05) is 0 Å². The molecule has 0 rings (SSSR count). The normalized spacial score (nSPS) is 11.8. The maximum Gasteiger partial charge on any atom is 0.0780 e. The highest BCUT2D eigenvalue weighted by Gasteiger charge is 2.04. The number of quaternary nitrogens is 1. The molecule has 0 bridgehead atoms. The van der Waals surface area contributed by atoms with Crippen LogP contribution in [-0.2, 0) is 0 Å². The van der Waals surface area contributed by atoms with E-state index in [1.165, 1.54) is 96.4 Å². The number of hydrogen-bond acceptors (Lipinski definition) is 0. The first kappa shape index (κ1) is 25.7. The van der Waals surface area contributed by atoms with Crippen molar-refractivity contribution in [2.75, 3.05) is 27.7 Å². The van der Waals surface area contributed by atoms with Crippen LogP contribution in [-0.4, -0.2) is 32.2 Å². The standard InChI is InChI=1S/C21H44N.HI/c1-5-6-7-8-9-10-11-12-13-14-15-16-17-18-19-20-21-22(2,3)4;/h12-13H,5-11,14-21H2,1-4H3;1H/q+1;/p-1. The van der Waals surface area contributed by atoms with Gasteiger partial charge in [-0.3, -0.25) is 0 Å². The molecule has 0 heterocycles. The Balaban J connectivity index is 0. The largest absolute Gasteiger partial charge is 1.00 e. The van der Waals surface area contributed by atoms with Gasteiger partial charge in [-0.2, -0.15) is 0 Å². The van der Waals surface area contributed by atoms with Crippen molar-refractivity contribution in [3.8, 4) is 0 Å². The molecule has 0 aliphatic heterocycles. The molecule has 2 heteroatoms. The van der Waals surface area contributed by atoms with Crippen molar-refractivity contribution in [3.63, 3.8) is 0 Å². The van der Waals surface area contributed by atoms with E-state index >= 15 is 0 Å². The molecular weight excluding hydrogens is 393 g/mol. The summed E-state index contributed by atoms with van der Waals surface area (Å²) in [6.45, 7) is 3.61. The fraction of sp³-hybridized carbons (Fsp3) is 0.905. The van der Waals surface area contributed by atoms with Gasteiger partial charge in [-0.05, 0) is 38.5 Å². The minimum atomic E-state index is 0. The Kier molecular flexibility index (Phi) is 20.9. The van der Waals surface area contributed by atoms with E-state index in [1.54, 1.807) is 0 Å². The molecule has 0 aliphatic carbocycles. The lowest BCUT2D eigenvalue weighted by Crippen LogP contribution is -3.00. The molecule has 1 nitrogen and oxygen atoms in total. The monoisotopic (exact) mass is 437 g/mol. The van der Waals surface area contributed by atoms with Gasteiger partial charge in [0, 0.05) is 0 Å². The lowest BCUT2D eigenvalue weighted by molar-refractivity contribution is -0.870. The smallest absolute Gasteiger partial charge is 0.0780 e. The second-order valence-corrected chi connectivity index (χ2v) is 7.95. The van der Waals surface area contributed by atoms with Crippen molar-refractivity contribution >= 4 is 0 Å². The summed E-state index contributed by atoms with van der Waals surface area (Å²) in [7, 11) is 6.87. The summed E-state index contributed by atoms with van der Waals surface area (Å²) in [6.07, 6.45) is 24.4. The van der Waals surface area contributed by atoms with Gasteiger partial charge in [0.25, 0.3) is 0 Å². The Morgan fingerprint density at radius 1 is 0.565 bits per heavy atom. The van der Waals surface area contributed by atoms with E-state index in [-0.39, 0.29) is 24.0 Å². The van der Waals surface area contributed by atoms with Gasteiger partial charge in [0.05, 0.1) is 27.7 Å². The molecule has 0 saturated heterocycles. The van der Waals surface area contributed by atoms with Crippen LogP contribution >= 0.6 is 0 Å². The molecule has 0 amide bonds. The number of rotatable bonds is 16. The van der Waals surface area contributed by atoms with E-state index < -0.39 is 0 Å². The number of halogens is 1. The van der Waals surface area contributed by atoms with Crippen LogP contribution < -0.4 is 24.0 Å². The summed E-state index contributed by atoms with van der Waals surface area (Å²) in [5.74, 6) is 0. The molecule has 0 saturated carbocycles. The van der Waals surface area contributed by atoms with Gasteiger partial charge in [-0.15, -0.1) is 0 Å². The molecule has 0 fully saturated rings. The number of nitrogens with zero attached hydrogens (tertiary/aromatic N) is 1. The van der Waals surface area contributed by atoms with Crippen molar-refractivity contribution in [2.24, 2.45) is 0 Å². The first-order chi connectivity index (χ1) is 10.6. The lowest BCUT2D eigenvalue weighted by atomic mass is 10.1. The maximum absolute atomic E-state index is 2.42. The summed E-state index contributed by atoms with van der Waals surface area (Å²) in [6, 6.07) is 0. The topological polar surface area (TPSA) is 0 Å². The molecule has 23 heavy (non-hydrogen) atoms. The van der Waals surface area contributed by atoms with Gasteiger partial charge in [0.1, 0.15) is 0 Å². The Morgan fingerprint density at radius 3 is 1.39 bits per heavy atom. The number of unbranched alkanes of at least 4 members (excludes halogenated alkanes) is 12. The van der Waals surface area contributed by atoms with Crippen LogP contribution in [0.15, 0.2) is 12.2 Å². The van der Waals surface area contributed by atoms with E-state index in [4.69, 9.17) is 0 Å².